The number of benzene rings is 2. The molecule has 2 aromatic rings. The highest BCUT2D eigenvalue weighted by Gasteiger charge is 2.26. The molecule has 1 saturated heterocycles. The van der Waals surface area contributed by atoms with Gasteiger partial charge in [0.25, 0.3) is 0 Å². The predicted octanol–water partition coefficient (Wildman–Crippen LogP) is 2.35. The van der Waals surface area contributed by atoms with E-state index in [1.165, 1.54) is 27.5 Å². The van der Waals surface area contributed by atoms with E-state index in [9.17, 15) is 0 Å². The van der Waals surface area contributed by atoms with Gasteiger partial charge >= 0.3 is 0 Å². The standard InChI is InChI=1S/C17H19NO2/c18-17(15-10-19-8-9-20-15)14-7-6-12-5-4-11-2-1-3-13(14)16(11)12/h1-3,6-7,15,17H,4-5,8-10,18H2. The molecule has 1 aliphatic heterocycles. The van der Waals surface area contributed by atoms with Gasteiger partial charge in [-0.15, -0.1) is 0 Å². The molecular weight excluding hydrogens is 250 g/mol. The van der Waals surface area contributed by atoms with Gasteiger partial charge in [0.2, 0.25) is 0 Å². The highest BCUT2D eigenvalue weighted by Crippen LogP contribution is 2.35. The molecule has 4 rings (SSSR count). The zero-order valence-electron chi connectivity index (χ0n) is 11.5. The molecule has 0 amide bonds. The van der Waals surface area contributed by atoms with Crippen LogP contribution < -0.4 is 5.73 Å². The smallest absolute Gasteiger partial charge is 0.100 e. The number of ether oxygens (including phenoxy) is 2. The first-order valence-electron chi connectivity index (χ1n) is 7.33. The molecule has 0 saturated carbocycles. The van der Waals surface area contributed by atoms with E-state index in [2.05, 4.69) is 30.3 Å². The summed E-state index contributed by atoms with van der Waals surface area (Å²) in [6, 6.07) is 10.8. The highest BCUT2D eigenvalue weighted by atomic mass is 16.6. The maximum atomic E-state index is 6.45. The molecular formula is C17H19NO2. The van der Waals surface area contributed by atoms with Crippen molar-refractivity contribution in [1.82, 2.24) is 0 Å². The van der Waals surface area contributed by atoms with Crippen LogP contribution in [0.15, 0.2) is 30.3 Å². The molecule has 0 radical (unpaired) electrons. The van der Waals surface area contributed by atoms with Crippen LogP contribution in [0.3, 0.4) is 0 Å². The Bertz CT molecular complexity index is 636. The molecule has 3 nitrogen and oxygen atoms in total. The van der Waals surface area contributed by atoms with Crippen molar-refractivity contribution in [3.8, 4) is 0 Å². The summed E-state index contributed by atoms with van der Waals surface area (Å²) >= 11 is 0. The SMILES string of the molecule is NC(c1ccc2c3c(cccc13)CC2)C1COCCO1. The monoisotopic (exact) mass is 269 g/mol. The lowest BCUT2D eigenvalue weighted by atomic mass is 9.93. The summed E-state index contributed by atoms with van der Waals surface area (Å²) in [7, 11) is 0. The first-order valence-corrected chi connectivity index (χ1v) is 7.33. The van der Waals surface area contributed by atoms with Crippen molar-refractivity contribution in [1.29, 1.82) is 0 Å². The van der Waals surface area contributed by atoms with Crippen LogP contribution in [0.4, 0.5) is 0 Å². The van der Waals surface area contributed by atoms with Gasteiger partial charge in [-0.1, -0.05) is 30.3 Å². The molecule has 20 heavy (non-hydrogen) atoms. The molecule has 3 heteroatoms. The Morgan fingerprint density at radius 2 is 1.90 bits per heavy atom. The Morgan fingerprint density at radius 1 is 1.05 bits per heavy atom. The lowest BCUT2D eigenvalue weighted by molar-refractivity contribution is -0.0974. The predicted molar refractivity (Wildman–Crippen MR) is 78.8 cm³/mol. The van der Waals surface area contributed by atoms with E-state index in [4.69, 9.17) is 15.2 Å². The van der Waals surface area contributed by atoms with E-state index in [0.717, 1.165) is 12.8 Å². The topological polar surface area (TPSA) is 44.5 Å². The normalized spacial score (nSPS) is 23.1. The molecule has 104 valence electrons. The van der Waals surface area contributed by atoms with Crippen molar-refractivity contribution in [2.45, 2.75) is 25.0 Å². The second-order valence-corrected chi connectivity index (χ2v) is 5.66. The average Bonchev–Trinajstić information content (AvgIpc) is 2.93. The van der Waals surface area contributed by atoms with Gasteiger partial charge in [-0.05, 0) is 40.3 Å². The van der Waals surface area contributed by atoms with Gasteiger partial charge in [-0.3, -0.25) is 0 Å². The third-order valence-corrected chi connectivity index (χ3v) is 4.51. The van der Waals surface area contributed by atoms with E-state index in [1.807, 2.05) is 0 Å². The molecule has 2 aliphatic rings. The number of aryl methyl sites for hydroxylation is 2. The van der Waals surface area contributed by atoms with Gasteiger partial charge < -0.3 is 15.2 Å². The minimum Gasteiger partial charge on any atom is -0.376 e. The second-order valence-electron chi connectivity index (χ2n) is 5.66. The molecule has 0 bridgehead atoms. The van der Waals surface area contributed by atoms with E-state index >= 15 is 0 Å². The first kappa shape index (κ1) is 12.3. The lowest BCUT2D eigenvalue weighted by Crippen LogP contribution is -2.37. The Kier molecular flexibility index (Phi) is 2.99. The molecule has 2 aromatic carbocycles. The van der Waals surface area contributed by atoms with Gasteiger partial charge in [0.15, 0.2) is 0 Å². The molecule has 2 N–H and O–H groups in total. The highest BCUT2D eigenvalue weighted by molar-refractivity contribution is 5.93. The fraction of sp³-hybridized carbons (Fsp3) is 0.412. The van der Waals surface area contributed by atoms with Gasteiger partial charge in [0.05, 0.1) is 25.9 Å². The van der Waals surface area contributed by atoms with Gasteiger partial charge in [0.1, 0.15) is 6.10 Å². The Morgan fingerprint density at radius 3 is 2.70 bits per heavy atom. The van der Waals surface area contributed by atoms with Gasteiger partial charge in [0, 0.05) is 0 Å². The summed E-state index contributed by atoms with van der Waals surface area (Å²) in [6.45, 7) is 1.90. The van der Waals surface area contributed by atoms with Crippen LogP contribution in [-0.4, -0.2) is 25.9 Å². The zero-order chi connectivity index (χ0) is 13.5. The fourth-order valence-electron chi connectivity index (χ4n) is 3.47. The third-order valence-electron chi connectivity index (χ3n) is 4.51. The third kappa shape index (κ3) is 1.85. The second kappa shape index (κ2) is 4.85. The summed E-state index contributed by atoms with van der Waals surface area (Å²) in [5.74, 6) is 0. The van der Waals surface area contributed by atoms with Crippen LogP contribution in [0.1, 0.15) is 22.7 Å². The van der Waals surface area contributed by atoms with E-state index in [-0.39, 0.29) is 12.1 Å². The van der Waals surface area contributed by atoms with Crippen molar-refractivity contribution < 1.29 is 9.47 Å². The van der Waals surface area contributed by atoms with Crippen molar-refractivity contribution >= 4 is 10.8 Å². The Labute approximate surface area is 118 Å². The molecule has 2 atom stereocenters. The van der Waals surface area contributed by atoms with Crippen molar-refractivity contribution in [2.75, 3.05) is 19.8 Å². The maximum absolute atomic E-state index is 6.45. The molecule has 0 aromatic heterocycles. The number of nitrogens with two attached hydrogens (primary N) is 1. The largest absolute Gasteiger partial charge is 0.376 e. The fourth-order valence-corrected chi connectivity index (χ4v) is 3.47. The van der Waals surface area contributed by atoms with Crippen LogP contribution in [0.25, 0.3) is 10.8 Å². The molecule has 0 spiro atoms. The van der Waals surface area contributed by atoms with Crippen molar-refractivity contribution in [3.63, 3.8) is 0 Å². The van der Waals surface area contributed by atoms with E-state index < -0.39 is 0 Å². The molecule has 1 fully saturated rings. The van der Waals surface area contributed by atoms with Crippen LogP contribution in [0.5, 0.6) is 0 Å². The minimum atomic E-state index is -0.125. The summed E-state index contributed by atoms with van der Waals surface area (Å²) in [5.41, 5.74) is 10.5. The molecule has 2 unspecified atom stereocenters. The Hall–Kier alpha value is -1.42. The van der Waals surface area contributed by atoms with Crippen LogP contribution in [0, 0.1) is 0 Å². The van der Waals surface area contributed by atoms with E-state index in [0.29, 0.717) is 19.8 Å². The number of rotatable bonds is 2. The quantitative estimate of drug-likeness (QED) is 0.910. The zero-order valence-corrected chi connectivity index (χ0v) is 11.5. The number of hydrogen-bond acceptors (Lipinski definition) is 3. The average molecular weight is 269 g/mol. The number of hydrogen-bond donors (Lipinski definition) is 1. The Balaban J connectivity index is 1.80. The van der Waals surface area contributed by atoms with Crippen LogP contribution >= 0.6 is 0 Å². The van der Waals surface area contributed by atoms with Crippen molar-refractivity contribution in [3.05, 3.63) is 47.0 Å². The van der Waals surface area contributed by atoms with Gasteiger partial charge in [-0.25, -0.2) is 0 Å². The van der Waals surface area contributed by atoms with Crippen molar-refractivity contribution in [2.24, 2.45) is 5.73 Å². The maximum Gasteiger partial charge on any atom is 0.100 e. The van der Waals surface area contributed by atoms with Crippen LogP contribution in [-0.2, 0) is 22.3 Å². The first-order chi connectivity index (χ1) is 9.84. The lowest BCUT2D eigenvalue weighted by Gasteiger charge is -2.29. The summed E-state index contributed by atoms with van der Waals surface area (Å²) in [4.78, 5) is 0. The molecule has 1 aliphatic carbocycles. The van der Waals surface area contributed by atoms with E-state index in [1.54, 1.807) is 0 Å². The van der Waals surface area contributed by atoms with Gasteiger partial charge in [-0.2, -0.15) is 0 Å². The summed E-state index contributed by atoms with van der Waals surface area (Å²) in [6.07, 6.45) is 2.25. The summed E-state index contributed by atoms with van der Waals surface area (Å²) in [5, 5.41) is 2.70. The van der Waals surface area contributed by atoms with Crippen LogP contribution in [0.2, 0.25) is 0 Å². The minimum absolute atomic E-state index is 0.0396. The summed E-state index contributed by atoms with van der Waals surface area (Å²) < 4.78 is 11.3. The molecule has 1 heterocycles.